The van der Waals surface area contributed by atoms with Crippen molar-refractivity contribution in [3.8, 4) is 0 Å². The maximum Gasteiger partial charge on any atom is 0.190 e. The van der Waals surface area contributed by atoms with Crippen LogP contribution in [0.15, 0.2) is 35.9 Å². The van der Waals surface area contributed by atoms with Gasteiger partial charge in [-0.15, -0.1) is 11.6 Å². The highest BCUT2D eigenvalue weighted by atomic mass is 35.5. The summed E-state index contributed by atoms with van der Waals surface area (Å²) in [5.41, 5.74) is 2.38. The van der Waals surface area contributed by atoms with Crippen LogP contribution >= 0.6 is 11.6 Å². The van der Waals surface area contributed by atoms with E-state index in [0.29, 0.717) is 5.57 Å². The van der Waals surface area contributed by atoms with Gasteiger partial charge in [-0.25, -0.2) is 0 Å². The molecule has 0 saturated carbocycles. The summed E-state index contributed by atoms with van der Waals surface area (Å²) >= 11 is 5.68. The van der Waals surface area contributed by atoms with E-state index in [0.717, 1.165) is 11.1 Å². The topological polar surface area (TPSA) is 17.1 Å². The zero-order valence-electron chi connectivity index (χ0n) is 8.38. The molecule has 0 atom stereocenters. The third-order valence-corrected chi connectivity index (χ3v) is 2.46. The van der Waals surface area contributed by atoms with Gasteiger partial charge in [0.2, 0.25) is 0 Å². The number of rotatable bonds is 3. The molecule has 1 rings (SSSR count). The zero-order valence-corrected chi connectivity index (χ0v) is 9.14. The van der Waals surface area contributed by atoms with Crippen LogP contribution in [0, 0.1) is 6.92 Å². The number of Topliss-reactive ketones (excluding diaryl/α,β-unsaturated/α-hetero) is 1. The van der Waals surface area contributed by atoms with Gasteiger partial charge in [0.15, 0.2) is 5.78 Å². The van der Waals surface area contributed by atoms with E-state index in [4.69, 9.17) is 11.6 Å². The third kappa shape index (κ3) is 2.24. The smallest absolute Gasteiger partial charge is 0.190 e. The van der Waals surface area contributed by atoms with Crippen molar-refractivity contribution in [2.45, 2.75) is 13.8 Å². The zero-order chi connectivity index (χ0) is 10.6. The fourth-order valence-electron chi connectivity index (χ4n) is 1.27. The molecule has 0 aliphatic carbocycles. The lowest BCUT2D eigenvalue weighted by Crippen LogP contribution is -2.06. The van der Waals surface area contributed by atoms with Crippen molar-refractivity contribution >= 4 is 17.4 Å². The van der Waals surface area contributed by atoms with Crippen molar-refractivity contribution in [1.29, 1.82) is 0 Å². The van der Waals surface area contributed by atoms with Crippen LogP contribution < -0.4 is 0 Å². The Labute approximate surface area is 89.4 Å². The Morgan fingerprint density at radius 1 is 1.43 bits per heavy atom. The SMILES string of the molecule is C/C=C(/CCl)C(=O)c1ccccc1C. The van der Waals surface area contributed by atoms with Gasteiger partial charge in [0, 0.05) is 11.1 Å². The van der Waals surface area contributed by atoms with Crippen molar-refractivity contribution in [1.82, 2.24) is 0 Å². The second-order valence-corrected chi connectivity index (χ2v) is 3.36. The van der Waals surface area contributed by atoms with E-state index in [1.807, 2.05) is 38.1 Å². The summed E-state index contributed by atoms with van der Waals surface area (Å²) in [5.74, 6) is 0.296. The van der Waals surface area contributed by atoms with Crippen molar-refractivity contribution in [3.05, 3.63) is 47.0 Å². The lowest BCUT2D eigenvalue weighted by atomic mass is 10.00. The quantitative estimate of drug-likeness (QED) is 0.423. The highest BCUT2D eigenvalue weighted by molar-refractivity contribution is 6.25. The van der Waals surface area contributed by atoms with E-state index >= 15 is 0 Å². The van der Waals surface area contributed by atoms with Crippen LogP contribution in [-0.2, 0) is 0 Å². The number of halogens is 1. The molecule has 1 nitrogen and oxygen atoms in total. The summed E-state index contributed by atoms with van der Waals surface area (Å²) in [4.78, 5) is 11.9. The molecule has 0 aromatic heterocycles. The predicted octanol–water partition coefficient (Wildman–Crippen LogP) is 3.36. The Hall–Kier alpha value is -1.08. The van der Waals surface area contributed by atoms with Gasteiger partial charge in [-0.2, -0.15) is 0 Å². The Morgan fingerprint density at radius 2 is 2.07 bits per heavy atom. The van der Waals surface area contributed by atoms with Crippen LogP contribution in [0.4, 0.5) is 0 Å². The van der Waals surface area contributed by atoms with Crippen molar-refractivity contribution in [2.75, 3.05) is 5.88 Å². The maximum atomic E-state index is 11.9. The first-order chi connectivity index (χ1) is 6.70. The van der Waals surface area contributed by atoms with Gasteiger partial charge in [-0.05, 0) is 19.4 Å². The average molecular weight is 209 g/mol. The molecule has 0 bridgehead atoms. The third-order valence-electron chi connectivity index (χ3n) is 2.17. The minimum Gasteiger partial charge on any atom is -0.289 e. The molecule has 0 unspecified atom stereocenters. The molecule has 0 fully saturated rings. The lowest BCUT2D eigenvalue weighted by Gasteiger charge is -2.05. The minimum absolute atomic E-state index is 0.0283. The first-order valence-corrected chi connectivity index (χ1v) is 5.05. The van der Waals surface area contributed by atoms with Crippen LogP contribution in [0.25, 0.3) is 0 Å². The van der Waals surface area contributed by atoms with Crippen molar-refractivity contribution in [2.24, 2.45) is 0 Å². The summed E-state index contributed by atoms with van der Waals surface area (Å²) in [6.07, 6.45) is 1.77. The van der Waals surface area contributed by atoms with Crippen LogP contribution in [0.5, 0.6) is 0 Å². The standard InChI is InChI=1S/C12H13ClO/c1-3-10(8-13)12(14)11-7-5-4-6-9(11)2/h3-7H,8H2,1-2H3/b10-3-. The molecule has 14 heavy (non-hydrogen) atoms. The molecule has 0 N–H and O–H groups in total. The first-order valence-electron chi connectivity index (χ1n) is 4.52. The molecule has 74 valence electrons. The number of hydrogen-bond donors (Lipinski definition) is 0. The number of hydrogen-bond acceptors (Lipinski definition) is 1. The van der Waals surface area contributed by atoms with Gasteiger partial charge in [-0.3, -0.25) is 4.79 Å². The molecule has 0 amide bonds. The van der Waals surface area contributed by atoms with E-state index < -0.39 is 0 Å². The molecular weight excluding hydrogens is 196 g/mol. The first kappa shape index (κ1) is 11.0. The Balaban J connectivity index is 3.07. The summed E-state index contributed by atoms with van der Waals surface area (Å²) in [5, 5.41) is 0. The molecule has 0 spiro atoms. The highest BCUT2D eigenvalue weighted by Gasteiger charge is 2.11. The summed E-state index contributed by atoms with van der Waals surface area (Å²) < 4.78 is 0. The summed E-state index contributed by atoms with van der Waals surface area (Å²) in [6, 6.07) is 7.53. The minimum atomic E-state index is 0.0283. The van der Waals surface area contributed by atoms with Gasteiger partial charge >= 0.3 is 0 Å². The van der Waals surface area contributed by atoms with Gasteiger partial charge in [0.1, 0.15) is 0 Å². The summed E-state index contributed by atoms with van der Waals surface area (Å²) in [6.45, 7) is 3.75. The number of allylic oxidation sites excluding steroid dienone is 2. The van der Waals surface area contributed by atoms with E-state index in [9.17, 15) is 4.79 Å². The number of aryl methyl sites for hydroxylation is 1. The number of benzene rings is 1. The number of ketones is 1. The molecule has 0 heterocycles. The lowest BCUT2D eigenvalue weighted by molar-refractivity contribution is 0.103. The number of alkyl halides is 1. The van der Waals surface area contributed by atoms with Crippen LogP contribution in [0.2, 0.25) is 0 Å². The maximum absolute atomic E-state index is 11.9. The molecule has 1 aromatic carbocycles. The second-order valence-electron chi connectivity index (χ2n) is 3.09. The molecule has 0 aliphatic rings. The van der Waals surface area contributed by atoms with Gasteiger partial charge in [0.25, 0.3) is 0 Å². The number of carbonyl (C=O) groups is 1. The molecule has 1 aromatic rings. The molecule has 0 aliphatic heterocycles. The largest absolute Gasteiger partial charge is 0.289 e. The molecule has 0 radical (unpaired) electrons. The fraction of sp³-hybridized carbons (Fsp3) is 0.250. The monoisotopic (exact) mass is 208 g/mol. The Morgan fingerprint density at radius 3 is 2.57 bits per heavy atom. The van der Waals surface area contributed by atoms with Crippen molar-refractivity contribution < 1.29 is 4.79 Å². The fourth-order valence-corrected chi connectivity index (χ4v) is 1.55. The normalized spacial score (nSPS) is 11.5. The van der Waals surface area contributed by atoms with Crippen LogP contribution in [-0.4, -0.2) is 11.7 Å². The molecule has 0 saturated heterocycles. The van der Waals surface area contributed by atoms with Gasteiger partial charge < -0.3 is 0 Å². The second kappa shape index (κ2) is 4.97. The predicted molar refractivity (Wildman–Crippen MR) is 60.0 cm³/mol. The van der Waals surface area contributed by atoms with E-state index in [1.54, 1.807) is 6.08 Å². The molecular formula is C12H13ClO. The molecule has 2 heteroatoms. The van der Waals surface area contributed by atoms with Gasteiger partial charge in [0.05, 0.1) is 5.88 Å². The highest BCUT2D eigenvalue weighted by Crippen LogP contribution is 2.13. The van der Waals surface area contributed by atoms with Crippen LogP contribution in [0.1, 0.15) is 22.8 Å². The van der Waals surface area contributed by atoms with E-state index in [1.165, 1.54) is 0 Å². The van der Waals surface area contributed by atoms with E-state index in [2.05, 4.69) is 0 Å². The Kier molecular flexibility index (Phi) is 3.90. The van der Waals surface area contributed by atoms with E-state index in [-0.39, 0.29) is 11.7 Å². The average Bonchev–Trinajstić information content (AvgIpc) is 2.20. The number of carbonyl (C=O) groups excluding carboxylic acids is 1. The van der Waals surface area contributed by atoms with Gasteiger partial charge in [-0.1, -0.05) is 30.3 Å². The summed E-state index contributed by atoms with van der Waals surface area (Å²) in [7, 11) is 0. The Bertz CT molecular complexity index is 366. The van der Waals surface area contributed by atoms with Crippen molar-refractivity contribution in [3.63, 3.8) is 0 Å². The van der Waals surface area contributed by atoms with Crippen LogP contribution in [0.3, 0.4) is 0 Å².